The largest absolute Gasteiger partial charge is 0.304 e. The Morgan fingerprint density at radius 2 is 2.13 bits per heavy atom. The van der Waals surface area contributed by atoms with E-state index in [4.69, 9.17) is 0 Å². The molecule has 2 rings (SSSR count). The van der Waals surface area contributed by atoms with Gasteiger partial charge in [-0.05, 0) is 12.1 Å². The van der Waals surface area contributed by atoms with Gasteiger partial charge in [-0.3, -0.25) is 5.10 Å². The molecule has 0 aliphatic heterocycles. The second kappa shape index (κ2) is 4.70. The molecule has 0 spiro atoms. The van der Waals surface area contributed by atoms with Crippen molar-refractivity contribution >= 4 is 0 Å². The minimum atomic E-state index is 0.0960. The molecule has 1 aromatic carbocycles. The van der Waals surface area contributed by atoms with Crippen LogP contribution in [0.25, 0.3) is 0 Å². The smallest absolute Gasteiger partial charge is 0.145 e. The topological polar surface area (TPSA) is 53.6 Å². The number of H-pyrrole nitrogens is 1. The zero-order valence-corrected chi connectivity index (χ0v) is 8.64. The molecule has 2 aromatic rings. The Balaban J connectivity index is 2.28. The lowest BCUT2D eigenvalue weighted by Gasteiger charge is -2.15. The predicted molar refractivity (Wildman–Crippen MR) is 58.3 cm³/mol. The maximum atomic E-state index is 4.18. The van der Waals surface area contributed by atoms with Crippen LogP contribution in [0.4, 0.5) is 0 Å². The van der Waals surface area contributed by atoms with Crippen molar-refractivity contribution in [2.45, 2.75) is 13.0 Å². The molecule has 0 radical (unpaired) electrons. The van der Waals surface area contributed by atoms with Crippen molar-refractivity contribution in [3.63, 3.8) is 0 Å². The zero-order valence-electron chi connectivity index (χ0n) is 8.64. The first-order chi connectivity index (χ1) is 7.42. The molecular formula is C11H14N4. The molecule has 0 amide bonds. The molecular weight excluding hydrogens is 188 g/mol. The van der Waals surface area contributed by atoms with Crippen molar-refractivity contribution in [3.8, 4) is 0 Å². The van der Waals surface area contributed by atoms with Crippen LogP contribution in [0.2, 0.25) is 0 Å². The number of hydrogen-bond donors (Lipinski definition) is 2. The molecule has 1 unspecified atom stereocenters. The summed E-state index contributed by atoms with van der Waals surface area (Å²) in [5, 5.41) is 10.1. The summed E-state index contributed by atoms with van der Waals surface area (Å²) in [5.41, 5.74) is 1.19. The minimum absolute atomic E-state index is 0.0960. The highest BCUT2D eigenvalue weighted by Crippen LogP contribution is 2.17. The molecule has 0 saturated heterocycles. The fourth-order valence-electron chi connectivity index (χ4n) is 1.58. The first-order valence-electron chi connectivity index (χ1n) is 5.05. The van der Waals surface area contributed by atoms with Crippen LogP contribution in [0.5, 0.6) is 0 Å². The molecule has 2 N–H and O–H groups in total. The molecule has 4 nitrogen and oxygen atoms in total. The Hall–Kier alpha value is -1.68. The number of hydrogen-bond acceptors (Lipinski definition) is 3. The highest BCUT2D eigenvalue weighted by molar-refractivity contribution is 5.24. The van der Waals surface area contributed by atoms with Gasteiger partial charge >= 0.3 is 0 Å². The van der Waals surface area contributed by atoms with Crippen LogP contribution >= 0.6 is 0 Å². The third-order valence-corrected chi connectivity index (χ3v) is 2.25. The van der Waals surface area contributed by atoms with Gasteiger partial charge in [0.15, 0.2) is 0 Å². The molecule has 0 bridgehead atoms. The van der Waals surface area contributed by atoms with Crippen molar-refractivity contribution in [2.75, 3.05) is 6.54 Å². The summed E-state index contributed by atoms with van der Waals surface area (Å²) in [6.07, 6.45) is 1.53. The van der Waals surface area contributed by atoms with Gasteiger partial charge in [0, 0.05) is 0 Å². The monoisotopic (exact) mass is 202 g/mol. The number of nitrogens with one attached hydrogen (secondary N) is 2. The molecule has 0 aliphatic rings. The lowest BCUT2D eigenvalue weighted by molar-refractivity contribution is 0.600. The second-order valence-electron chi connectivity index (χ2n) is 3.27. The molecule has 78 valence electrons. The summed E-state index contributed by atoms with van der Waals surface area (Å²) < 4.78 is 0. The molecule has 1 aromatic heterocycles. The van der Waals surface area contributed by atoms with Gasteiger partial charge in [-0.25, -0.2) is 4.98 Å². The van der Waals surface area contributed by atoms with Crippen molar-refractivity contribution in [3.05, 3.63) is 48.0 Å². The zero-order chi connectivity index (χ0) is 10.5. The third-order valence-electron chi connectivity index (χ3n) is 2.25. The highest BCUT2D eigenvalue weighted by Gasteiger charge is 2.14. The Bertz CT molecular complexity index is 382. The van der Waals surface area contributed by atoms with E-state index in [1.54, 1.807) is 0 Å². The van der Waals surface area contributed by atoms with Gasteiger partial charge in [-0.1, -0.05) is 37.3 Å². The average Bonchev–Trinajstić information content (AvgIpc) is 2.80. The highest BCUT2D eigenvalue weighted by atomic mass is 15.2. The van der Waals surface area contributed by atoms with Gasteiger partial charge in [-0.2, -0.15) is 5.10 Å². The number of aromatic nitrogens is 3. The Morgan fingerprint density at radius 1 is 1.33 bits per heavy atom. The van der Waals surface area contributed by atoms with Crippen LogP contribution in [0.3, 0.4) is 0 Å². The molecule has 1 atom stereocenters. The molecule has 15 heavy (non-hydrogen) atoms. The average molecular weight is 202 g/mol. The van der Waals surface area contributed by atoms with E-state index >= 15 is 0 Å². The SMILES string of the molecule is CCNC(c1ccccc1)c1ncn[nH]1. The summed E-state index contributed by atoms with van der Waals surface area (Å²) in [6.45, 7) is 2.96. The van der Waals surface area contributed by atoms with Crippen LogP contribution in [0.1, 0.15) is 24.4 Å². The van der Waals surface area contributed by atoms with E-state index in [1.807, 2.05) is 18.2 Å². The summed E-state index contributed by atoms with van der Waals surface area (Å²) >= 11 is 0. The van der Waals surface area contributed by atoms with Gasteiger partial charge in [0.1, 0.15) is 12.2 Å². The fraction of sp³-hybridized carbons (Fsp3) is 0.273. The number of aromatic amines is 1. The van der Waals surface area contributed by atoms with Crippen LogP contribution in [-0.4, -0.2) is 21.7 Å². The fourth-order valence-corrected chi connectivity index (χ4v) is 1.58. The van der Waals surface area contributed by atoms with Crippen LogP contribution in [0.15, 0.2) is 36.7 Å². The predicted octanol–water partition coefficient (Wildman–Crippen LogP) is 1.50. The number of rotatable bonds is 4. The Labute approximate surface area is 88.8 Å². The van der Waals surface area contributed by atoms with E-state index in [0.29, 0.717) is 0 Å². The van der Waals surface area contributed by atoms with Crippen molar-refractivity contribution < 1.29 is 0 Å². The van der Waals surface area contributed by atoms with E-state index in [2.05, 4.69) is 39.6 Å². The summed E-state index contributed by atoms with van der Waals surface area (Å²) in [4.78, 5) is 4.18. The van der Waals surface area contributed by atoms with E-state index in [-0.39, 0.29) is 6.04 Å². The number of benzene rings is 1. The maximum Gasteiger partial charge on any atom is 0.145 e. The van der Waals surface area contributed by atoms with E-state index in [1.165, 1.54) is 11.9 Å². The molecule has 0 aliphatic carbocycles. The van der Waals surface area contributed by atoms with Gasteiger partial charge in [0.25, 0.3) is 0 Å². The van der Waals surface area contributed by atoms with Crippen molar-refractivity contribution in [1.29, 1.82) is 0 Å². The standard InChI is InChI=1S/C11H14N4/c1-2-12-10(11-13-8-14-15-11)9-6-4-3-5-7-9/h3-8,10,12H,2H2,1H3,(H,13,14,15). The first-order valence-corrected chi connectivity index (χ1v) is 5.05. The van der Waals surface area contributed by atoms with Gasteiger partial charge in [0.05, 0.1) is 6.04 Å². The van der Waals surface area contributed by atoms with Gasteiger partial charge < -0.3 is 5.32 Å². The third kappa shape index (κ3) is 2.22. The Morgan fingerprint density at radius 3 is 2.73 bits per heavy atom. The van der Waals surface area contributed by atoms with Crippen molar-refractivity contribution in [2.24, 2.45) is 0 Å². The molecule has 1 heterocycles. The maximum absolute atomic E-state index is 4.18. The summed E-state index contributed by atoms with van der Waals surface area (Å²) in [5.74, 6) is 0.850. The molecule has 0 saturated carbocycles. The Kier molecular flexibility index (Phi) is 3.09. The molecule has 0 fully saturated rings. The van der Waals surface area contributed by atoms with Gasteiger partial charge in [0.2, 0.25) is 0 Å². The summed E-state index contributed by atoms with van der Waals surface area (Å²) in [7, 11) is 0. The second-order valence-corrected chi connectivity index (χ2v) is 3.27. The minimum Gasteiger partial charge on any atom is -0.304 e. The van der Waals surface area contributed by atoms with Gasteiger partial charge in [-0.15, -0.1) is 0 Å². The number of nitrogens with zero attached hydrogens (tertiary/aromatic N) is 2. The van der Waals surface area contributed by atoms with Crippen LogP contribution < -0.4 is 5.32 Å². The lowest BCUT2D eigenvalue weighted by Crippen LogP contribution is -2.23. The lowest BCUT2D eigenvalue weighted by atomic mass is 10.1. The molecule has 4 heteroatoms. The van der Waals surface area contributed by atoms with Crippen LogP contribution in [0, 0.1) is 0 Å². The van der Waals surface area contributed by atoms with Crippen LogP contribution in [-0.2, 0) is 0 Å². The first kappa shape index (κ1) is 9.86. The summed E-state index contributed by atoms with van der Waals surface area (Å²) in [6, 6.07) is 10.3. The normalized spacial score (nSPS) is 12.6. The quantitative estimate of drug-likeness (QED) is 0.790. The van der Waals surface area contributed by atoms with E-state index in [0.717, 1.165) is 12.4 Å². The van der Waals surface area contributed by atoms with E-state index < -0.39 is 0 Å². The van der Waals surface area contributed by atoms with E-state index in [9.17, 15) is 0 Å². The van der Waals surface area contributed by atoms with Crippen molar-refractivity contribution in [1.82, 2.24) is 20.5 Å².